The summed E-state index contributed by atoms with van der Waals surface area (Å²) in [7, 11) is 1.02. The molecule has 0 N–H and O–H groups in total. The van der Waals surface area contributed by atoms with E-state index in [4.69, 9.17) is 0 Å². The van der Waals surface area contributed by atoms with Gasteiger partial charge < -0.3 is 4.74 Å². The second-order valence-electron chi connectivity index (χ2n) is 2.48. The van der Waals surface area contributed by atoms with Gasteiger partial charge >= 0.3 is 5.97 Å². The molecule has 0 spiro atoms. The van der Waals surface area contributed by atoms with Crippen LogP contribution in [0.15, 0.2) is 10.8 Å². The molecule has 15 heavy (non-hydrogen) atoms. The van der Waals surface area contributed by atoms with Crippen molar-refractivity contribution in [2.45, 2.75) is 6.43 Å². The van der Waals surface area contributed by atoms with E-state index in [0.29, 0.717) is 0 Å². The maximum absolute atomic E-state index is 13.4. The number of nitrogens with zero attached hydrogens (tertiary/aromatic N) is 1. The summed E-state index contributed by atoms with van der Waals surface area (Å²) in [5.41, 5.74) is -1.56. The summed E-state index contributed by atoms with van der Waals surface area (Å²) in [5, 5.41) is 0. The first-order chi connectivity index (χ1) is 6.99. The third-order valence-corrected chi connectivity index (χ3v) is 2.26. The predicted molar refractivity (Wildman–Crippen MR) is 48.2 cm³/mol. The van der Waals surface area contributed by atoms with E-state index in [2.05, 4.69) is 25.7 Å². The predicted octanol–water partition coefficient (Wildman–Crippen LogP) is 2.71. The number of carbonyl (C=O) groups is 1. The summed E-state index contributed by atoms with van der Waals surface area (Å²) in [4.78, 5) is 14.4. The zero-order valence-electron chi connectivity index (χ0n) is 7.43. The van der Waals surface area contributed by atoms with Crippen LogP contribution in [0.1, 0.15) is 22.3 Å². The van der Waals surface area contributed by atoms with Gasteiger partial charge in [-0.25, -0.2) is 22.9 Å². The lowest BCUT2D eigenvalue weighted by Gasteiger charge is -2.07. The van der Waals surface area contributed by atoms with Crippen LogP contribution in [0.5, 0.6) is 0 Å². The third kappa shape index (κ3) is 2.28. The van der Waals surface area contributed by atoms with E-state index in [1.807, 2.05) is 0 Å². The van der Waals surface area contributed by atoms with Crippen LogP contribution in [0.25, 0.3) is 0 Å². The molecule has 0 amide bonds. The SMILES string of the molecule is COC(=O)c1cnc(Br)c(C(F)F)c1F. The van der Waals surface area contributed by atoms with Gasteiger partial charge in [0, 0.05) is 6.20 Å². The van der Waals surface area contributed by atoms with Gasteiger partial charge in [0.25, 0.3) is 6.43 Å². The van der Waals surface area contributed by atoms with Gasteiger partial charge in [-0.2, -0.15) is 0 Å². The highest BCUT2D eigenvalue weighted by atomic mass is 79.9. The Morgan fingerprint density at radius 3 is 2.67 bits per heavy atom. The summed E-state index contributed by atoms with van der Waals surface area (Å²) in [5.74, 6) is -2.37. The van der Waals surface area contributed by atoms with Gasteiger partial charge in [-0.15, -0.1) is 0 Å². The molecule has 1 rings (SSSR count). The van der Waals surface area contributed by atoms with E-state index >= 15 is 0 Å². The summed E-state index contributed by atoms with van der Waals surface area (Å²) < 4.78 is 42.0. The number of halogens is 4. The average Bonchev–Trinajstić information content (AvgIpc) is 2.16. The van der Waals surface area contributed by atoms with Crippen molar-refractivity contribution < 1.29 is 22.7 Å². The number of hydrogen-bond acceptors (Lipinski definition) is 3. The van der Waals surface area contributed by atoms with Gasteiger partial charge in [-0.05, 0) is 15.9 Å². The van der Waals surface area contributed by atoms with Gasteiger partial charge in [0.15, 0.2) is 5.82 Å². The fraction of sp³-hybridized carbons (Fsp3) is 0.250. The molecule has 1 heterocycles. The fourth-order valence-electron chi connectivity index (χ4n) is 0.921. The summed E-state index contributed by atoms with van der Waals surface area (Å²) in [6.07, 6.45) is -2.23. The molecule has 0 saturated heterocycles. The smallest absolute Gasteiger partial charge is 0.342 e. The van der Waals surface area contributed by atoms with Crippen molar-refractivity contribution in [1.29, 1.82) is 0 Å². The van der Waals surface area contributed by atoms with Crippen LogP contribution in [-0.4, -0.2) is 18.1 Å². The van der Waals surface area contributed by atoms with Gasteiger partial charge in [-0.3, -0.25) is 0 Å². The quantitative estimate of drug-likeness (QED) is 0.619. The van der Waals surface area contributed by atoms with Crippen molar-refractivity contribution in [3.63, 3.8) is 0 Å². The fourth-order valence-corrected chi connectivity index (χ4v) is 1.37. The Balaban J connectivity index is 3.35. The van der Waals surface area contributed by atoms with Crippen molar-refractivity contribution in [2.75, 3.05) is 7.11 Å². The Morgan fingerprint density at radius 1 is 1.60 bits per heavy atom. The Morgan fingerprint density at radius 2 is 2.20 bits per heavy atom. The molecule has 0 unspecified atom stereocenters. The Bertz CT molecular complexity index is 398. The number of alkyl halides is 2. The maximum atomic E-state index is 13.4. The highest BCUT2D eigenvalue weighted by molar-refractivity contribution is 9.10. The molecule has 0 atom stereocenters. The van der Waals surface area contributed by atoms with Crippen LogP contribution in [0.2, 0.25) is 0 Å². The molecule has 0 fully saturated rings. The van der Waals surface area contributed by atoms with E-state index in [0.717, 1.165) is 13.3 Å². The Kier molecular flexibility index (Phi) is 3.67. The average molecular weight is 284 g/mol. The molecule has 0 bridgehead atoms. The van der Waals surface area contributed by atoms with Crippen LogP contribution in [0.4, 0.5) is 13.2 Å². The minimum atomic E-state index is -3.06. The lowest BCUT2D eigenvalue weighted by molar-refractivity contribution is 0.0593. The molecule has 0 aliphatic rings. The van der Waals surface area contributed by atoms with Crippen LogP contribution >= 0.6 is 15.9 Å². The number of pyridine rings is 1. The maximum Gasteiger partial charge on any atom is 0.342 e. The molecular weight excluding hydrogens is 279 g/mol. The Hall–Kier alpha value is -1.11. The molecule has 3 nitrogen and oxygen atoms in total. The van der Waals surface area contributed by atoms with E-state index in [1.54, 1.807) is 0 Å². The minimum Gasteiger partial charge on any atom is -0.465 e. The van der Waals surface area contributed by atoms with Gasteiger partial charge in [-0.1, -0.05) is 0 Å². The second-order valence-corrected chi connectivity index (χ2v) is 3.23. The van der Waals surface area contributed by atoms with E-state index < -0.39 is 29.3 Å². The molecule has 0 aliphatic heterocycles. The van der Waals surface area contributed by atoms with Gasteiger partial charge in [0.2, 0.25) is 0 Å². The van der Waals surface area contributed by atoms with Crippen LogP contribution in [0, 0.1) is 5.82 Å². The molecule has 1 aromatic rings. The summed E-state index contributed by atoms with van der Waals surface area (Å²) in [6.45, 7) is 0. The lowest BCUT2D eigenvalue weighted by Crippen LogP contribution is -2.09. The van der Waals surface area contributed by atoms with Crippen molar-refractivity contribution in [3.8, 4) is 0 Å². The molecule has 0 radical (unpaired) electrons. The number of aromatic nitrogens is 1. The normalized spacial score (nSPS) is 10.5. The number of hydrogen-bond donors (Lipinski definition) is 0. The first kappa shape index (κ1) is 12.0. The van der Waals surface area contributed by atoms with E-state index in [-0.39, 0.29) is 4.60 Å². The monoisotopic (exact) mass is 283 g/mol. The molecule has 82 valence electrons. The van der Waals surface area contributed by atoms with Crippen LogP contribution in [0.3, 0.4) is 0 Å². The molecule has 0 saturated carbocycles. The highest BCUT2D eigenvalue weighted by Gasteiger charge is 2.24. The number of ether oxygens (including phenoxy) is 1. The first-order valence-electron chi connectivity index (χ1n) is 3.69. The van der Waals surface area contributed by atoms with E-state index in [9.17, 15) is 18.0 Å². The van der Waals surface area contributed by atoms with Crippen LogP contribution in [-0.2, 0) is 4.74 Å². The third-order valence-electron chi connectivity index (χ3n) is 1.63. The van der Waals surface area contributed by atoms with Crippen molar-refractivity contribution in [2.24, 2.45) is 0 Å². The van der Waals surface area contributed by atoms with Crippen molar-refractivity contribution in [3.05, 3.63) is 27.7 Å². The number of carbonyl (C=O) groups excluding carboxylic acids is 1. The highest BCUT2D eigenvalue weighted by Crippen LogP contribution is 2.29. The van der Waals surface area contributed by atoms with Crippen LogP contribution < -0.4 is 0 Å². The molecule has 0 aromatic carbocycles. The van der Waals surface area contributed by atoms with Gasteiger partial charge in [0.1, 0.15) is 10.2 Å². The second kappa shape index (κ2) is 4.61. The number of rotatable bonds is 2. The summed E-state index contributed by atoms with van der Waals surface area (Å²) >= 11 is 2.67. The van der Waals surface area contributed by atoms with Crippen molar-refractivity contribution in [1.82, 2.24) is 4.98 Å². The molecule has 1 aromatic heterocycles. The van der Waals surface area contributed by atoms with Gasteiger partial charge in [0.05, 0.1) is 12.7 Å². The largest absolute Gasteiger partial charge is 0.465 e. The molecular formula is C8H5BrF3NO2. The molecule has 7 heteroatoms. The summed E-state index contributed by atoms with van der Waals surface area (Å²) in [6, 6.07) is 0. The van der Waals surface area contributed by atoms with E-state index in [1.165, 1.54) is 0 Å². The zero-order chi connectivity index (χ0) is 11.6. The first-order valence-corrected chi connectivity index (χ1v) is 4.48. The minimum absolute atomic E-state index is 0.331. The standard InChI is InChI=1S/C8H5BrF3NO2/c1-15-8(14)3-2-13-6(9)4(5(3)10)7(11)12/h2,7H,1H3. The number of esters is 1. The Labute approximate surface area is 91.4 Å². The lowest BCUT2D eigenvalue weighted by atomic mass is 10.2. The van der Waals surface area contributed by atoms with Crippen molar-refractivity contribution >= 4 is 21.9 Å². The topological polar surface area (TPSA) is 39.2 Å². The number of methoxy groups -OCH3 is 1. The molecule has 0 aliphatic carbocycles. The zero-order valence-corrected chi connectivity index (χ0v) is 9.02.